The standard InChI is InChI=1S/C17H19N3S/c1-9-5-10(2)7-13(6-9)8-14-19-16(18)15-11(3)12(4)21-17(15)20-14/h5-7H,8H2,1-4H3,(H2,18,19,20). The lowest BCUT2D eigenvalue weighted by Crippen LogP contribution is -2.01. The van der Waals surface area contributed by atoms with Gasteiger partial charge in [-0.3, -0.25) is 0 Å². The summed E-state index contributed by atoms with van der Waals surface area (Å²) in [5.41, 5.74) is 11.1. The van der Waals surface area contributed by atoms with E-state index in [2.05, 4.69) is 50.9 Å². The van der Waals surface area contributed by atoms with Crippen LogP contribution in [0.5, 0.6) is 0 Å². The monoisotopic (exact) mass is 297 g/mol. The van der Waals surface area contributed by atoms with Crippen LogP contribution < -0.4 is 5.73 Å². The van der Waals surface area contributed by atoms with Crippen molar-refractivity contribution in [3.05, 3.63) is 51.2 Å². The minimum atomic E-state index is 0.598. The predicted octanol–water partition coefficient (Wildman–Crippen LogP) is 4.10. The number of aryl methyl sites for hydroxylation is 4. The van der Waals surface area contributed by atoms with Crippen molar-refractivity contribution in [1.82, 2.24) is 9.97 Å². The van der Waals surface area contributed by atoms with Crippen LogP contribution in [0.25, 0.3) is 10.2 Å². The number of benzene rings is 1. The van der Waals surface area contributed by atoms with E-state index in [1.807, 2.05) is 0 Å². The molecule has 4 heteroatoms. The van der Waals surface area contributed by atoms with Crippen molar-refractivity contribution >= 4 is 27.4 Å². The molecule has 0 unspecified atom stereocenters. The van der Waals surface area contributed by atoms with E-state index in [0.29, 0.717) is 5.82 Å². The molecule has 2 N–H and O–H groups in total. The number of nitrogens with two attached hydrogens (primary N) is 1. The molecule has 0 amide bonds. The van der Waals surface area contributed by atoms with Crippen molar-refractivity contribution < 1.29 is 0 Å². The molecular weight excluding hydrogens is 278 g/mol. The molecule has 0 spiro atoms. The minimum Gasteiger partial charge on any atom is -0.383 e. The zero-order valence-electron chi connectivity index (χ0n) is 12.8. The molecule has 3 rings (SSSR count). The lowest BCUT2D eigenvalue weighted by atomic mass is 10.0. The van der Waals surface area contributed by atoms with Gasteiger partial charge in [0.2, 0.25) is 0 Å². The maximum absolute atomic E-state index is 6.14. The number of aromatic nitrogens is 2. The molecule has 1 aromatic carbocycles. The molecule has 3 aromatic rings. The number of nitrogen functional groups attached to an aromatic ring is 1. The topological polar surface area (TPSA) is 51.8 Å². The Balaban J connectivity index is 2.05. The number of anilines is 1. The van der Waals surface area contributed by atoms with Gasteiger partial charge in [0.25, 0.3) is 0 Å². The maximum atomic E-state index is 6.14. The van der Waals surface area contributed by atoms with Crippen molar-refractivity contribution in [2.24, 2.45) is 0 Å². The van der Waals surface area contributed by atoms with Gasteiger partial charge in [0, 0.05) is 11.3 Å². The van der Waals surface area contributed by atoms with E-state index in [-0.39, 0.29) is 0 Å². The van der Waals surface area contributed by atoms with Crippen LogP contribution in [0.4, 0.5) is 5.82 Å². The highest BCUT2D eigenvalue weighted by atomic mass is 32.1. The van der Waals surface area contributed by atoms with E-state index in [0.717, 1.165) is 22.5 Å². The molecule has 2 aromatic heterocycles. The number of fused-ring (bicyclic) bond motifs is 1. The van der Waals surface area contributed by atoms with Crippen molar-refractivity contribution in [3.8, 4) is 0 Å². The average Bonchev–Trinajstić information content (AvgIpc) is 2.63. The summed E-state index contributed by atoms with van der Waals surface area (Å²) in [5, 5.41) is 1.02. The van der Waals surface area contributed by atoms with Crippen LogP contribution >= 0.6 is 11.3 Å². The Morgan fingerprint density at radius 1 is 1.00 bits per heavy atom. The fourth-order valence-electron chi connectivity index (χ4n) is 2.76. The fraction of sp³-hybridized carbons (Fsp3) is 0.294. The first kappa shape index (κ1) is 14.0. The molecule has 2 heterocycles. The summed E-state index contributed by atoms with van der Waals surface area (Å²) in [7, 11) is 0. The Hall–Kier alpha value is -1.94. The quantitative estimate of drug-likeness (QED) is 0.775. The van der Waals surface area contributed by atoms with Crippen molar-refractivity contribution in [1.29, 1.82) is 0 Å². The van der Waals surface area contributed by atoms with Crippen LogP contribution in [0.1, 0.15) is 33.0 Å². The Labute approximate surface area is 128 Å². The van der Waals surface area contributed by atoms with Gasteiger partial charge in [-0.05, 0) is 38.8 Å². The molecule has 0 aliphatic carbocycles. The Morgan fingerprint density at radius 3 is 2.33 bits per heavy atom. The Bertz CT molecular complexity index is 813. The zero-order chi connectivity index (χ0) is 15.1. The van der Waals surface area contributed by atoms with E-state index >= 15 is 0 Å². The van der Waals surface area contributed by atoms with Crippen LogP contribution in [-0.4, -0.2) is 9.97 Å². The third kappa shape index (κ3) is 2.63. The van der Waals surface area contributed by atoms with Crippen molar-refractivity contribution in [3.63, 3.8) is 0 Å². The number of nitrogens with zero attached hydrogens (tertiary/aromatic N) is 2. The first-order valence-electron chi connectivity index (χ1n) is 7.03. The molecule has 0 aliphatic rings. The smallest absolute Gasteiger partial charge is 0.136 e. The van der Waals surface area contributed by atoms with Crippen LogP contribution in [0.15, 0.2) is 18.2 Å². The SMILES string of the molecule is Cc1cc(C)cc(Cc2nc(N)c3c(C)c(C)sc3n2)c1. The van der Waals surface area contributed by atoms with Gasteiger partial charge in [0.05, 0.1) is 5.39 Å². The molecule has 21 heavy (non-hydrogen) atoms. The largest absolute Gasteiger partial charge is 0.383 e. The van der Waals surface area contributed by atoms with Crippen LogP contribution in [0.3, 0.4) is 0 Å². The van der Waals surface area contributed by atoms with Gasteiger partial charge in [-0.1, -0.05) is 29.3 Å². The summed E-state index contributed by atoms with van der Waals surface area (Å²) in [4.78, 5) is 11.5. The molecule has 0 radical (unpaired) electrons. The summed E-state index contributed by atoms with van der Waals surface area (Å²) < 4.78 is 0. The van der Waals surface area contributed by atoms with Gasteiger partial charge in [0.15, 0.2) is 0 Å². The van der Waals surface area contributed by atoms with E-state index in [1.165, 1.54) is 27.1 Å². The van der Waals surface area contributed by atoms with Crippen LogP contribution in [0.2, 0.25) is 0 Å². The van der Waals surface area contributed by atoms with Gasteiger partial charge < -0.3 is 5.73 Å². The molecule has 0 saturated heterocycles. The highest BCUT2D eigenvalue weighted by Gasteiger charge is 2.13. The number of thiophene rings is 1. The fourth-order valence-corrected chi connectivity index (χ4v) is 3.82. The van der Waals surface area contributed by atoms with E-state index in [1.54, 1.807) is 11.3 Å². The summed E-state index contributed by atoms with van der Waals surface area (Å²) >= 11 is 1.69. The van der Waals surface area contributed by atoms with Gasteiger partial charge in [-0.2, -0.15) is 0 Å². The second-order valence-corrected chi connectivity index (χ2v) is 6.86. The molecule has 3 nitrogen and oxygen atoms in total. The van der Waals surface area contributed by atoms with Crippen molar-refractivity contribution in [2.75, 3.05) is 5.73 Å². The maximum Gasteiger partial charge on any atom is 0.136 e. The lowest BCUT2D eigenvalue weighted by Gasteiger charge is -2.06. The lowest BCUT2D eigenvalue weighted by molar-refractivity contribution is 0.997. The highest BCUT2D eigenvalue weighted by molar-refractivity contribution is 7.18. The second kappa shape index (κ2) is 5.11. The summed E-state index contributed by atoms with van der Waals surface area (Å²) in [5.74, 6) is 1.40. The third-order valence-electron chi connectivity index (χ3n) is 3.75. The molecule has 0 aliphatic heterocycles. The van der Waals surface area contributed by atoms with Crippen LogP contribution in [0, 0.1) is 27.7 Å². The minimum absolute atomic E-state index is 0.598. The van der Waals surface area contributed by atoms with Gasteiger partial charge in [-0.15, -0.1) is 11.3 Å². The summed E-state index contributed by atoms with van der Waals surface area (Å²) in [6.45, 7) is 8.41. The molecule has 0 atom stereocenters. The normalized spacial score (nSPS) is 11.2. The van der Waals surface area contributed by atoms with E-state index < -0.39 is 0 Å². The zero-order valence-corrected chi connectivity index (χ0v) is 13.6. The first-order valence-corrected chi connectivity index (χ1v) is 7.85. The summed E-state index contributed by atoms with van der Waals surface area (Å²) in [6.07, 6.45) is 0.721. The second-order valence-electron chi connectivity index (χ2n) is 5.66. The van der Waals surface area contributed by atoms with E-state index in [4.69, 9.17) is 10.7 Å². The van der Waals surface area contributed by atoms with Crippen LogP contribution in [-0.2, 0) is 6.42 Å². The van der Waals surface area contributed by atoms with Gasteiger partial charge in [0.1, 0.15) is 16.5 Å². The summed E-state index contributed by atoms with van der Waals surface area (Å²) in [6, 6.07) is 6.54. The van der Waals surface area contributed by atoms with Gasteiger partial charge in [-0.25, -0.2) is 9.97 Å². The molecule has 0 saturated carbocycles. The third-order valence-corrected chi connectivity index (χ3v) is 4.85. The predicted molar refractivity (Wildman–Crippen MR) is 90.0 cm³/mol. The Morgan fingerprint density at radius 2 is 1.67 bits per heavy atom. The molecule has 0 bridgehead atoms. The van der Waals surface area contributed by atoms with Crippen molar-refractivity contribution in [2.45, 2.75) is 34.1 Å². The molecule has 108 valence electrons. The first-order chi connectivity index (χ1) is 9.94. The number of hydrogen-bond acceptors (Lipinski definition) is 4. The molecule has 0 fully saturated rings. The van der Waals surface area contributed by atoms with Gasteiger partial charge >= 0.3 is 0 Å². The average molecular weight is 297 g/mol. The number of hydrogen-bond donors (Lipinski definition) is 1. The highest BCUT2D eigenvalue weighted by Crippen LogP contribution is 2.32. The Kier molecular flexibility index (Phi) is 3.41. The number of rotatable bonds is 2. The molecular formula is C17H19N3S. The van der Waals surface area contributed by atoms with E-state index in [9.17, 15) is 0 Å².